The Morgan fingerprint density at radius 2 is 2.03 bits per heavy atom. The van der Waals surface area contributed by atoms with Crippen LogP contribution in [-0.4, -0.2) is 38.8 Å². The first kappa shape index (κ1) is 19.5. The van der Waals surface area contributed by atoms with Crippen molar-refractivity contribution in [1.29, 1.82) is 0 Å². The standard InChI is InChI=1S/C20H20FN5O2S/c21-15-8-10-16(11-9-15)22-19(27)18(14-5-2-1-3-6-14)29-20-23-24-25-26(20)13-17-7-4-12-28-17/h1-3,5-6,8-11,17-18H,4,7,12-13H2,(H,22,27)/t17-,18-/m0/s1. The molecule has 29 heavy (non-hydrogen) atoms. The number of amides is 1. The lowest BCUT2D eigenvalue weighted by Crippen LogP contribution is -2.21. The quantitative estimate of drug-likeness (QED) is 0.598. The van der Waals surface area contributed by atoms with Crippen LogP contribution in [0.1, 0.15) is 23.7 Å². The number of hydrogen-bond donors (Lipinski definition) is 1. The Balaban J connectivity index is 1.54. The van der Waals surface area contributed by atoms with Gasteiger partial charge in [-0.2, -0.15) is 0 Å². The molecule has 2 atom stereocenters. The van der Waals surface area contributed by atoms with Gasteiger partial charge >= 0.3 is 0 Å². The number of aromatic nitrogens is 4. The number of rotatable bonds is 7. The Morgan fingerprint density at radius 1 is 1.24 bits per heavy atom. The number of carbonyl (C=O) groups excluding carboxylic acids is 1. The van der Waals surface area contributed by atoms with E-state index in [0.29, 0.717) is 17.4 Å². The highest BCUT2D eigenvalue weighted by Gasteiger charge is 2.26. The first-order valence-corrected chi connectivity index (χ1v) is 10.2. The van der Waals surface area contributed by atoms with Gasteiger partial charge in [0.15, 0.2) is 0 Å². The lowest BCUT2D eigenvalue weighted by atomic mass is 10.1. The third-order valence-electron chi connectivity index (χ3n) is 4.58. The van der Waals surface area contributed by atoms with Crippen molar-refractivity contribution < 1.29 is 13.9 Å². The first-order chi connectivity index (χ1) is 14.2. The van der Waals surface area contributed by atoms with Crippen LogP contribution in [0.2, 0.25) is 0 Å². The Bertz CT molecular complexity index is 945. The molecule has 1 amide bonds. The molecule has 1 aromatic heterocycles. The molecule has 4 rings (SSSR count). The van der Waals surface area contributed by atoms with Crippen LogP contribution in [0.15, 0.2) is 59.8 Å². The summed E-state index contributed by atoms with van der Waals surface area (Å²) in [6.07, 6.45) is 2.08. The van der Waals surface area contributed by atoms with Crippen molar-refractivity contribution in [3.63, 3.8) is 0 Å². The second-order valence-corrected chi connectivity index (χ2v) is 7.76. The second-order valence-electron chi connectivity index (χ2n) is 6.68. The molecule has 0 spiro atoms. The number of hydrogen-bond acceptors (Lipinski definition) is 6. The van der Waals surface area contributed by atoms with Crippen LogP contribution >= 0.6 is 11.8 Å². The van der Waals surface area contributed by atoms with Gasteiger partial charge in [-0.05, 0) is 53.1 Å². The van der Waals surface area contributed by atoms with Gasteiger partial charge in [-0.3, -0.25) is 4.79 Å². The maximum atomic E-state index is 13.2. The third kappa shape index (κ3) is 4.99. The van der Waals surface area contributed by atoms with Crippen molar-refractivity contribution in [3.05, 3.63) is 66.0 Å². The summed E-state index contributed by atoms with van der Waals surface area (Å²) >= 11 is 1.27. The van der Waals surface area contributed by atoms with E-state index in [1.807, 2.05) is 30.3 Å². The Morgan fingerprint density at radius 3 is 2.76 bits per heavy atom. The van der Waals surface area contributed by atoms with Crippen molar-refractivity contribution in [2.45, 2.75) is 35.9 Å². The van der Waals surface area contributed by atoms with Crippen molar-refractivity contribution in [3.8, 4) is 0 Å². The van der Waals surface area contributed by atoms with E-state index in [1.165, 1.54) is 36.0 Å². The van der Waals surface area contributed by atoms with Gasteiger partial charge in [0.25, 0.3) is 0 Å². The molecule has 0 aliphatic carbocycles. The second kappa shape index (κ2) is 9.15. The molecule has 0 saturated carbocycles. The molecule has 3 aromatic rings. The summed E-state index contributed by atoms with van der Waals surface area (Å²) < 4.78 is 20.5. The number of nitrogens with zero attached hydrogens (tertiary/aromatic N) is 4. The number of ether oxygens (including phenoxy) is 1. The summed E-state index contributed by atoms with van der Waals surface area (Å²) in [6, 6.07) is 15.1. The minimum atomic E-state index is -0.574. The highest BCUT2D eigenvalue weighted by Crippen LogP contribution is 2.35. The highest BCUT2D eigenvalue weighted by molar-refractivity contribution is 8.00. The summed E-state index contributed by atoms with van der Waals surface area (Å²) in [6.45, 7) is 1.30. The maximum Gasteiger partial charge on any atom is 0.242 e. The normalized spacial score (nSPS) is 17.2. The predicted molar refractivity (Wildman–Crippen MR) is 107 cm³/mol. The zero-order chi connectivity index (χ0) is 20.1. The number of thioether (sulfide) groups is 1. The zero-order valence-corrected chi connectivity index (χ0v) is 16.4. The maximum absolute atomic E-state index is 13.2. The minimum absolute atomic E-state index is 0.0843. The molecule has 0 radical (unpaired) electrons. The number of nitrogens with one attached hydrogen (secondary N) is 1. The van der Waals surface area contributed by atoms with Crippen LogP contribution in [0.3, 0.4) is 0 Å². The van der Waals surface area contributed by atoms with Crippen LogP contribution in [0.4, 0.5) is 10.1 Å². The lowest BCUT2D eigenvalue weighted by molar-refractivity contribution is -0.115. The molecule has 9 heteroatoms. The van der Waals surface area contributed by atoms with E-state index in [9.17, 15) is 9.18 Å². The molecule has 0 bridgehead atoms. The average molecular weight is 413 g/mol. The molecule has 1 N–H and O–H groups in total. The number of halogens is 1. The Hall–Kier alpha value is -2.78. The van der Waals surface area contributed by atoms with Crippen molar-refractivity contribution in [2.24, 2.45) is 0 Å². The predicted octanol–water partition coefficient (Wildman–Crippen LogP) is 3.46. The van der Waals surface area contributed by atoms with Crippen LogP contribution < -0.4 is 5.32 Å². The fraction of sp³-hybridized carbons (Fsp3) is 0.300. The number of benzene rings is 2. The van der Waals surface area contributed by atoms with Gasteiger partial charge in [0, 0.05) is 12.3 Å². The number of tetrazole rings is 1. The van der Waals surface area contributed by atoms with Gasteiger partial charge in [0.1, 0.15) is 11.1 Å². The van der Waals surface area contributed by atoms with Gasteiger partial charge in [-0.25, -0.2) is 9.07 Å². The summed E-state index contributed by atoms with van der Waals surface area (Å²) in [4.78, 5) is 13.1. The van der Waals surface area contributed by atoms with E-state index in [-0.39, 0.29) is 17.8 Å². The van der Waals surface area contributed by atoms with Crippen LogP contribution in [0.5, 0.6) is 0 Å². The molecule has 2 heterocycles. The molecule has 1 fully saturated rings. The molecular formula is C20H20FN5O2S. The first-order valence-electron chi connectivity index (χ1n) is 9.35. The number of carbonyl (C=O) groups is 1. The van der Waals surface area contributed by atoms with Crippen LogP contribution in [0, 0.1) is 5.82 Å². The molecule has 2 aromatic carbocycles. The summed E-state index contributed by atoms with van der Waals surface area (Å²) in [5.41, 5.74) is 1.35. The largest absolute Gasteiger partial charge is 0.376 e. The van der Waals surface area contributed by atoms with Crippen LogP contribution in [-0.2, 0) is 16.1 Å². The van der Waals surface area contributed by atoms with Crippen molar-refractivity contribution >= 4 is 23.4 Å². The molecule has 1 aliphatic heterocycles. The van der Waals surface area contributed by atoms with Gasteiger partial charge in [0.05, 0.1) is 12.6 Å². The van der Waals surface area contributed by atoms with Gasteiger partial charge in [-0.1, -0.05) is 42.1 Å². The van der Waals surface area contributed by atoms with Crippen molar-refractivity contribution in [2.75, 3.05) is 11.9 Å². The monoisotopic (exact) mass is 413 g/mol. The molecule has 0 unspecified atom stereocenters. The lowest BCUT2D eigenvalue weighted by Gasteiger charge is -2.17. The van der Waals surface area contributed by atoms with Crippen molar-refractivity contribution in [1.82, 2.24) is 20.2 Å². The Labute approximate surface area is 171 Å². The molecule has 7 nitrogen and oxygen atoms in total. The fourth-order valence-corrected chi connectivity index (χ4v) is 4.11. The van der Waals surface area contributed by atoms with E-state index in [4.69, 9.17) is 4.74 Å². The molecule has 1 saturated heterocycles. The van der Waals surface area contributed by atoms with E-state index >= 15 is 0 Å². The number of anilines is 1. The summed E-state index contributed by atoms with van der Waals surface area (Å²) in [5, 5.41) is 14.8. The van der Waals surface area contributed by atoms with Crippen LogP contribution in [0.25, 0.3) is 0 Å². The molecule has 150 valence electrons. The Kier molecular flexibility index (Phi) is 6.16. The smallest absolute Gasteiger partial charge is 0.242 e. The average Bonchev–Trinajstić information content (AvgIpc) is 3.41. The molecular weight excluding hydrogens is 393 g/mol. The SMILES string of the molecule is O=C(Nc1ccc(F)cc1)[C@@H](Sc1nnnn1C[C@@H]1CCCO1)c1ccccc1. The topological polar surface area (TPSA) is 81.9 Å². The summed E-state index contributed by atoms with van der Waals surface area (Å²) in [5.74, 6) is -0.593. The fourth-order valence-electron chi connectivity index (χ4n) is 3.12. The van der Waals surface area contributed by atoms with Gasteiger partial charge < -0.3 is 10.1 Å². The third-order valence-corrected chi connectivity index (χ3v) is 5.80. The highest BCUT2D eigenvalue weighted by atomic mass is 32.2. The van der Waals surface area contributed by atoms with Gasteiger partial charge in [0.2, 0.25) is 11.1 Å². The van der Waals surface area contributed by atoms with E-state index in [2.05, 4.69) is 20.8 Å². The van der Waals surface area contributed by atoms with E-state index in [0.717, 1.165) is 25.0 Å². The molecule has 1 aliphatic rings. The van der Waals surface area contributed by atoms with E-state index < -0.39 is 5.25 Å². The summed E-state index contributed by atoms with van der Waals surface area (Å²) in [7, 11) is 0. The van der Waals surface area contributed by atoms with E-state index in [1.54, 1.807) is 4.68 Å². The van der Waals surface area contributed by atoms with Gasteiger partial charge in [-0.15, -0.1) is 5.10 Å². The minimum Gasteiger partial charge on any atom is -0.376 e. The zero-order valence-electron chi connectivity index (χ0n) is 15.6.